The molecule has 17 heavy (non-hydrogen) atoms. The Bertz CT molecular complexity index is 208. The lowest BCUT2D eigenvalue weighted by atomic mass is 9.98. The predicted octanol–water partition coefficient (Wildman–Crippen LogP) is 2.12. The van der Waals surface area contributed by atoms with Crippen LogP contribution in [-0.2, 0) is 4.74 Å². The highest BCUT2D eigenvalue weighted by Gasteiger charge is 2.28. The molecule has 3 heteroatoms. The normalized spacial score (nSPS) is 28.6. The summed E-state index contributed by atoms with van der Waals surface area (Å²) in [6, 6.07) is 1.27. The number of rotatable bonds is 6. The summed E-state index contributed by atoms with van der Waals surface area (Å²) in [5.74, 6) is 0.735. The summed E-state index contributed by atoms with van der Waals surface area (Å²) in [5.41, 5.74) is 0. The molecule has 1 rings (SSSR count). The molecule has 102 valence electrons. The van der Waals surface area contributed by atoms with Crippen LogP contribution in [0.15, 0.2) is 0 Å². The van der Waals surface area contributed by atoms with Gasteiger partial charge in [0.05, 0.1) is 6.10 Å². The molecule has 0 radical (unpaired) electrons. The minimum absolute atomic E-state index is 0.470. The molecule has 3 unspecified atom stereocenters. The van der Waals surface area contributed by atoms with Crippen molar-refractivity contribution in [1.29, 1.82) is 0 Å². The number of nitrogens with zero attached hydrogens (tertiary/aromatic N) is 1. The molecule has 3 atom stereocenters. The van der Waals surface area contributed by atoms with Crippen molar-refractivity contribution in [3.63, 3.8) is 0 Å². The van der Waals surface area contributed by atoms with E-state index in [-0.39, 0.29) is 0 Å². The minimum Gasteiger partial charge on any atom is -0.381 e. The molecule has 1 N–H and O–H groups in total. The van der Waals surface area contributed by atoms with Crippen LogP contribution in [0.3, 0.4) is 0 Å². The van der Waals surface area contributed by atoms with Crippen molar-refractivity contribution >= 4 is 0 Å². The third kappa shape index (κ3) is 4.94. The summed E-state index contributed by atoms with van der Waals surface area (Å²) < 4.78 is 5.46. The fraction of sp³-hybridized carbons (Fsp3) is 1.00. The van der Waals surface area contributed by atoms with E-state index in [1.54, 1.807) is 0 Å². The number of ether oxygens (including phenoxy) is 1. The van der Waals surface area contributed by atoms with Crippen molar-refractivity contribution in [1.82, 2.24) is 10.2 Å². The Kier molecular flexibility index (Phi) is 6.45. The van der Waals surface area contributed by atoms with Gasteiger partial charge in [-0.3, -0.25) is 4.90 Å². The largest absolute Gasteiger partial charge is 0.381 e. The molecule has 0 aromatic rings. The van der Waals surface area contributed by atoms with Crippen molar-refractivity contribution in [2.75, 3.05) is 26.7 Å². The molecule has 1 aliphatic rings. The molecule has 3 nitrogen and oxygen atoms in total. The van der Waals surface area contributed by atoms with Crippen molar-refractivity contribution in [2.45, 2.75) is 58.7 Å². The second-order valence-electron chi connectivity index (χ2n) is 5.87. The Morgan fingerprint density at radius 2 is 2.00 bits per heavy atom. The van der Waals surface area contributed by atoms with E-state index in [9.17, 15) is 0 Å². The summed E-state index contributed by atoms with van der Waals surface area (Å²) in [5, 5.41) is 3.55. The molecule has 1 aliphatic heterocycles. The molecular weight excluding hydrogens is 212 g/mol. The maximum atomic E-state index is 5.46. The number of nitrogens with one attached hydrogen (secondary N) is 1. The zero-order valence-electron chi connectivity index (χ0n) is 12.2. The summed E-state index contributed by atoms with van der Waals surface area (Å²) >= 11 is 0. The maximum Gasteiger partial charge on any atom is 0.0598 e. The maximum absolute atomic E-state index is 5.46. The Morgan fingerprint density at radius 3 is 2.53 bits per heavy atom. The number of hydrogen-bond acceptors (Lipinski definition) is 3. The second kappa shape index (κ2) is 7.34. The lowest BCUT2D eigenvalue weighted by Gasteiger charge is -2.41. The highest BCUT2D eigenvalue weighted by atomic mass is 16.5. The topological polar surface area (TPSA) is 24.5 Å². The quantitative estimate of drug-likeness (QED) is 0.772. The lowest BCUT2D eigenvalue weighted by Crippen LogP contribution is -2.50. The molecule has 1 saturated heterocycles. The zero-order valence-corrected chi connectivity index (χ0v) is 12.2. The SMILES string of the molecule is COC1CCN(C(C)CNCC(C)C)C(C)C1. The molecule has 0 aliphatic carbocycles. The van der Waals surface area contributed by atoms with E-state index in [0.29, 0.717) is 18.2 Å². The fourth-order valence-electron chi connectivity index (χ4n) is 2.71. The van der Waals surface area contributed by atoms with E-state index in [4.69, 9.17) is 4.74 Å². The number of methoxy groups -OCH3 is 1. The molecule has 1 fully saturated rings. The summed E-state index contributed by atoms with van der Waals surface area (Å²) in [7, 11) is 1.83. The third-order valence-corrected chi connectivity index (χ3v) is 3.77. The third-order valence-electron chi connectivity index (χ3n) is 3.77. The van der Waals surface area contributed by atoms with Gasteiger partial charge in [0, 0.05) is 32.3 Å². The van der Waals surface area contributed by atoms with Crippen LogP contribution < -0.4 is 5.32 Å². The molecule has 0 bridgehead atoms. The van der Waals surface area contributed by atoms with Crippen LogP contribution >= 0.6 is 0 Å². The van der Waals surface area contributed by atoms with Gasteiger partial charge >= 0.3 is 0 Å². The van der Waals surface area contributed by atoms with E-state index in [1.165, 1.54) is 19.4 Å². The predicted molar refractivity (Wildman–Crippen MR) is 73.4 cm³/mol. The number of hydrogen-bond donors (Lipinski definition) is 1. The fourth-order valence-corrected chi connectivity index (χ4v) is 2.71. The molecule has 0 spiro atoms. The van der Waals surface area contributed by atoms with Crippen LogP contribution in [0, 0.1) is 5.92 Å². The molecule has 0 aromatic heterocycles. The molecular formula is C14H30N2O. The van der Waals surface area contributed by atoms with Gasteiger partial charge in [-0.1, -0.05) is 13.8 Å². The van der Waals surface area contributed by atoms with Crippen LogP contribution in [0.2, 0.25) is 0 Å². The van der Waals surface area contributed by atoms with Crippen molar-refractivity contribution in [2.24, 2.45) is 5.92 Å². The minimum atomic E-state index is 0.470. The first-order valence-electron chi connectivity index (χ1n) is 7.03. The Morgan fingerprint density at radius 1 is 1.29 bits per heavy atom. The van der Waals surface area contributed by atoms with E-state index in [2.05, 4.69) is 37.9 Å². The van der Waals surface area contributed by atoms with E-state index < -0.39 is 0 Å². The van der Waals surface area contributed by atoms with Gasteiger partial charge in [0.2, 0.25) is 0 Å². The van der Waals surface area contributed by atoms with Gasteiger partial charge in [-0.25, -0.2) is 0 Å². The van der Waals surface area contributed by atoms with Crippen LogP contribution in [0.4, 0.5) is 0 Å². The second-order valence-corrected chi connectivity index (χ2v) is 5.87. The smallest absolute Gasteiger partial charge is 0.0598 e. The van der Waals surface area contributed by atoms with Crippen LogP contribution in [0.5, 0.6) is 0 Å². The zero-order chi connectivity index (χ0) is 12.8. The summed E-state index contributed by atoms with van der Waals surface area (Å²) in [6.45, 7) is 12.5. The van der Waals surface area contributed by atoms with Gasteiger partial charge in [-0.15, -0.1) is 0 Å². The van der Waals surface area contributed by atoms with Gasteiger partial charge < -0.3 is 10.1 Å². The first kappa shape index (κ1) is 14.9. The monoisotopic (exact) mass is 242 g/mol. The van der Waals surface area contributed by atoms with Crippen LogP contribution in [0.1, 0.15) is 40.5 Å². The lowest BCUT2D eigenvalue weighted by molar-refractivity contribution is 0.00184. The van der Waals surface area contributed by atoms with Crippen LogP contribution in [-0.4, -0.2) is 49.8 Å². The van der Waals surface area contributed by atoms with E-state index >= 15 is 0 Å². The molecule has 0 amide bonds. The molecule has 1 heterocycles. The average Bonchev–Trinajstić information content (AvgIpc) is 2.28. The Labute approximate surface area is 107 Å². The molecule has 0 aromatic carbocycles. The van der Waals surface area contributed by atoms with Crippen molar-refractivity contribution in [3.8, 4) is 0 Å². The highest BCUT2D eigenvalue weighted by molar-refractivity contribution is 4.83. The van der Waals surface area contributed by atoms with E-state index in [1.807, 2.05) is 7.11 Å². The molecule has 0 saturated carbocycles. The van der Waals surface area contributed by atoms with Crippen molar-refractivity contribution < 1.29 is 4.74 Å². The Hall–Kier alpha value is -0.120. The van der Waals surface area contributed by atoms with Gasteiger partial charge in [-0.05, 0) is 39.2 Å². The van der Waals surface area contributed by atoms with Crippen LogP contribution in [0.25, 0.3) is 0 Å². The van der Waals surface area contributed by atoms with Gasteiger partial charge in [0.25, 0.3) is 0 Å². The highest BCUT2D eigenvalue weighted by Crippen LogP contribution is 2.21. The van der Waals surface area contributed by atoms with E-state index in [0.717, 1.165) is 19.0 Å². The Balaban J connectivity index is 2.29. The summed E-state index contributed by atoms with van der Waals surface area (Å²) in [4.78, 5) is 2.61. The first-order chi connectivity index (χ1) is 8.04. The van der Waals surface area contributed by atoms with Gasteiger partial charge in [-0.2, -0.15) is 0 Å². The average molecular weight is 242 g/mol. The number of piperidine rings is 1. The standard InChI is InChI=1S/C14H30N2O/c1-11(2)9-15-10-13(4)16-7-6-14(17-5)8-12(16)3/h11-15H,6-10H2,1-5H3. The van der Waals surface area contributed by atoms with Gasteiger partial charge in [0.1, 0.15) is 0 Å². The van der Waals surface area contributed by atoms with Gasteiger partial charge in [0.15, 0.2) is 0 Å². The summed E-state index contributed by atoms with van der Waals surface area (Å²) in [6.07, 6.45) is 2.82. The van der Waals surface area contributed by atoms with Crippen molar-refractivity contribution in [3.05, 3.63) is 0 Å². The first-order valence-corrected chi connectivity index (χ1v) is 7.03. The number of likely N-dealkylation sites (tertiary alicyclic amines) is 1.